The van der Waals surface area contributed by atoms with Gasteiger partial charge in [-0.05, 0) is 37.1 Å². The maximum Gasteiger partial charge on any atom is 0.331 e. The molecule has 1 fully saturated rings. The number of aromatic amines is 1. The predicted octanol–water partition coefficient (Wildman–Crippen LogP) is 1.76. The number of carboxylic acids is 1. The molecule has 1 unspecified atom stereocenters. The van der Waals surface area contributed by atoms with Crippen LogP contribution in [0.3, 0.4) is 0 Å². The SMILES string of the molecule is Cc1ccc2[nH]c(C(=O)NC3(C(=O)O)CCOC3)cc2c1C. The maximum atomic E-state index is 12.4. The Kier molecular flexibility index (Phi) is 3.41. The summed E-state index contributed by atoms with van der Waals surface area (Å²) in [6, 6.07) is 5.66. The van der Waals surface area contributed by atoms with Crippen molar-refractivity contribution in [3.63, 3.8) is 0 Å². The van der Waals surface area contributed by atoms with Crippen molar-refractivity contribution < 1.29 is 19.4 Å². The number of hydrogen-bond acceptors (Lipinski definition) is 3. The second-order valence-electron chi connectivity index (χ2n) is 5.80. The van der Waals surface area contributed by atoms with Gasteiger partial charge in [-0.15, -0.1) is 0 Å². The second-order valence-corrected chi connectivity index (χ2v) is 5.80. The van der Waals surface area contributed by atoms with Crippen LogP contribution in [0.5, 0.6) is 0 Å². The van der Waals surface area contributed by atoms with Crippen LogP contribution in [0.25, 0.3) is 10.9 Å². The molecule has 1 aliphatic rings. The molecule has 22 heavy (non-hydrogen) atoms. The molecule has 1 atom stereocenters. The molecule has 0 bridgehead atoms. The number of aryl methyl sites for hydroxylation is 2. The van der Waals surface area contributed by atoms with Crippen LogP contribution in [0.15, 0.2) is 18.2 Å². The normalized spacial score (nSPS) is 21.2. The number of amides is 1. The van der Waals surface area contributed by atoms with E-state index >= 15 is 0 Å². The zero-order valence-electron chi connectivity index (χ0n) is 12.5. The smallest absolute Gasteiger partial charge is 0.331 e. The summed E-state index contributed by atoms with van der Waals surface area (Å²) in [6.45, 7) is 4.33. The summed E-state index contributed by atoms with van der Waals surface area (Å²) in [5.41, 5.74) is 2.13. The topological polar surface area (TPSA) is 91.4 Å². The van der Waals surface area contributed by atoms with Crippen molar-refractivity contribution >= 4 is 22.8 Å². The largest absolute Gasteiger partial charge is 0.479 e. The lowest BCUT2D eigenvalue weighted by Gasteiger charge is -2.23. The molecule has 1 saturated heterocycles. The van der Waals surface area contributed by atoms with Crippen LogP contribution in [0.2, 0.25) is 0 Å². The third-order valence-electron chi connectivity index (χ3n) is 4.37. The van der Waals surface area contributed by atoms with Gasteiger partial charge in [-0.2, -0.15) is 0 Å². The number of nitrogens with one attached hydrogen (secondary N) is 2. The Morgan fingerprint density at radius 2 is 2.14 bits per heavy atom. The van der Waals surface area contributed by atoms with Gasteiger partial charge in [-0.25, -0.2) is 4.79 Å². The van der Waals surface area contributed by atoms with E-state index in [1.165, 1.54) is 0 Å². The molecule has 1 aromatic carbocycles. The first-order valence-electron chi connectivity index (χ1n) is 7.15. The number of aromatic nitrogens is 1. The van der Waals surface area contributed by atoms with E-state index in [1.807, 2.05) is 26.0 Å². The van der Waals surface area contributed by atoms with Crippen molar-refractivity contribution in [1.29, 1.82) is 0 Å². The number of fused-ring (bicyclic) bond motifs is 1. The molecule has 3 rings (SSSR count). The third-order valence-corrected chi connectivity index (χ3v) is 4.37. The van der Waals surface area contributed by atoms with Gasteiger partial charge in [-0.3, -0.25) is 4.79 Å². The molecule has 1 aromatic heterocycles. The lowest BCUT2D eigenvalue weighted by Crippen LogP contribution is -2.55. The number of H-pyrrole nitrogens is 1. The Morgan fingerprint density at radius 1 is 1.36 bits per heavy atom. The van der Waals surface area contributed by atoms with Crippen molar-refractivity contribution in [3.05, 3.63) is 35.0 Å². The van der Waals surface area contributed by atoms with Crippen LogP contribution >= 0.6 is 0 Å². The van der Waals surface area contributed by atoms with Gasteiger partial charge < -0.3 is 20.1 Å². The monoisotopic (exact) mass is 302 g/mol. The molecular formula is C16H18N2O4. The lowest BCUT2D eigenvalue weighted by molar-refractivity contribution is -0.144. The average molecular weight is 302 g/mol. The fourth-order valence-electron chi connectivity index (χ4n) is 2.75. The lowest BCUT2D eigenvalue weighted by atomic mass is 9.99. The average Bonchev–Trinajstić information content (AvgIpc) is 3.10. The highest BCUT2D eigenvalue weighted by Gasteiger charge is 2.44. The number of rotatable bonds is 3. The summed E-state index contributed by atoms with van der Waals surface area (Å²) < 4.78 is 5.15. The second kappa shape index (κ2) is 5.14. The van der Waals surface area contributed by atoms with Crippen molar-refractivity contribution in [3.8, 4) is 0 Å². The fourth-order valence-corrected chi connectivity index (χ4v) is 2.75. The Bertz CT molecular complexity index is 757. The van der Waals surface area contributed by atoms with Gasteiger partial charge in [0.05, 0.1) is 6.61 Å². The molecule has 0 spiro atoms. The third kappa shape index (κ3) is 2.25. The van der Waals surface area contributed by atoms with Crippen molar-refractivity contribution in [2.75, 3.05) is 13.2 Å². The number of hydrogen-bond donors (Lipinski definition) is 3. The summed E-state index contributed by atoms with van der Waals surface area (Å²) in [6.07, 6.45) is 0.270. The standard InChI is InChI=1S/C16H18N2O4/c1-9-3-4-12-11(10(9)2)7-13(17-12)14(19)18-16(15(20)21)5-6-22-8-16/h3-4,7,17H,5-6,8H2,1-2H3,(H,18,19)(H,20,21). The van der Waals surface area contributed by atoms with Crippen LogP contribution in [-0.4, -0.2) is 40.7 Å². The molecule has 0 radical (unpaired) electrons. The molecular weight excluding hydrogens is 284 g/mol. The van der Waals surface area contributed by atoms with Gasteiger partial charge >= 0.3 is 5.97 Å². The summed E-state index contributed by atoms with van der Waals surface area (Å²) in [7, 11) is 0. The van der Waals surface area contributed by atoms with Crippen LogP contribution in [-0.2, 0) is 9.53 Å². The first-order valence-corrected chi connectivity index (χ1v) is 7.15. The van der Waals surface area contributed by atoms with E-state index in [4.69, 9.17) is 4.74 Å². The van der Waals surface area contributed by atoms with E-state index in [0.717, 1.165) is 22.0 Å². The van der Waals surface area contributed by atoms with E-state index in [0.29, 0.717) is 12.3 Å². The summed E-state index contributed by atoms with van der Waals surface area (Å²) >= 11 is 0. The summed E-state index contributed by atoms with van der Waals surface area (Å²) in [5, 5.41) is 13.0. The fraction of sp³-hybridized carbons (Fsp3) is 0.375. The molecule has 1 aliphatic heterocycles. The Hall–Kier alpha value is -2.34. The molecule has 6 heteroatoms. The molecule has 3 N–H and O–H groups in total. The van der Waals surface area contributed by atoms with Gasteiger partial charge in [0.15, 0.2) is 5.54 Å². The minimum atomic E-state index is -1.33. The van der Waals surface area contributed by atoms with E-state index in [2.05, 4.69) is 10.3 Å². The minimum Gasteiger partial charge on any atom is -0.479 e. The molecule has 2 heterocycles. The van der Waals surface area contributed by atoms with Crippen LogP contribution in [0, 0.1) is 13.8 Å². The van der Waals surface area contributed by atoms with E-state index in [9.17, 15) is 14.7 Å². The number of carbonyl (C=O) groups is 2. The minimum absolute atomic E-state index is 0.00750. The van der Waals surface area contributed by atoms with Gasteiger partial charge in [0.2, 0.25) is 0 Å². The Balaban J connectivity index is 1.92. The van der Waals surface area contributed by atoms with Crippen LogP contribution in [0.4, 0.5) is 0 Å². The highest BCUT2D eigenvalue weighted by Crippen LogP contribution is 2.24. The van der Waals surface area contributed by atoms with Crippen molar-refractivity contribution in [2.45, 2.75) is 25.8 Å². The Labute approximate surface area is 127 Å². The van der Waals surface area contributed by atoms with E-state index in [1.54, 1.807) is 6.07 Å². The molecule has 2 aromatic rings. The molecule has 116 valence electrons. The first-order chi connectivity index (χ1) is 10.4. The van der Waals surface area contributed by atoms with Crippen molar-refractivity contribution in [1.82, 2.24) is 10.3 Å². The molecule has 0 saturated carbocycles. The quantitative estimate of drug-likeness (QED) is 0.805. The van der Waals surface area contributed by atoms with Gasteiger partial charge in [-0.1, -0.05) is 6.07 Å². The number of aliphatic carboxylic acids is 1. The highest BCUT2D eigenvalue weighted by atomic mass is 16.5. The van der Waals surface area contributed by atoms with Gasteiger partial charge in [0.1, 0.15) is 5.69 Å². The zero-order chi connectivity index (χ0) is 15.9. The van der Waals surface area contributed by atoms with Gasteiger partial charge in [0, 0.05) is 23.9 Å². The van der Waals surface area contributed by atoms with Gasteiger partial charge in [0.25, 0.3) is 5.91 Å². The number of benzene rings is 1. The summed E-state index contributed by atoms with van der Waals surface area (Å²) in [5.74, 6) is -1.50. The predicted molar refractivity (Wildman–Crippen MR) is 81.0 cm³/mol. The van der Waals surface area contributed by atoms with E-state index < -0.39 is 17.4 Å². The molecule has 6 nitrogen and oxygen atoms in total. The van der Waals surface area contributed by atoms with Crippen molar-refractivity contribution in [2.24, 2.45) is 0 Å². The zero-order valence-corrected chi connectivity index (χ0v) is 12.5. The van der Waals surface area contributed by atoms with Crippen LogP contribution in [0.1, 0.15) is 28.0 Å². The number of ether oxygens (including phenoxy) is 1. The first kappa shape index (κ1) is 14.6. The summed E-state index contributed by atoms with van der Waals surface area (Å²) in [4.78, 5) is 26.9. The molecule has 0 aliphatic carbocycles. The Morgan fingerprint density at radius 3 is 2.77 bits per heavy atom. The van der Waals surface area contributed by atoms with Crippen LogP contribution < -0.4 is 5.32 Å². The van der Waals surface area contributed by atoms with E-state index in [-0.39, 0.29) is 13.0 Å². The molecule has 1 amide bonds. The highest BCUT2D eigenvalue weighted by molar-refractivity contribution is 6.01. The maximum absolute atomic E-state index is 12.4. The number of carboxylic acid groups (broad SMARTS) is 1. The number of carbonyl (C=O) groups excluding carboxylic acids is 1.